The van der Waals surface area contributed by atoms with Gasteiger partial charge in [0, 0.05) is 19.6 Å². The molecule has 23 heavy (non-hydrogen) atoms. The van der Waals surface area contributed by atoms with Crippen molar-refractivity contribution in [2.45, 2.75) is 25.8 Å². The number of rotatable bonds is 6. The molecule has 1 aliphatic heterocycles. The fraction of sp³-hybridized carbons (Fsp3) is 0.562. The highest BCUT2D eigenvalue weighted by Gasteiger charge is 2.43. The van der Waals surface area contributed by atoms with E-state index in [4.69, 9.17) is 5.11 Å². The van der Waals surface area contributed by atoms with Crippen molar-refractivity contribution in [1.82, 2.24) is 8.61 Å². The third kappa shape index (κ3) is 3.57. The molecule has 1 saturated carbocycles. The van der Waals surface area contributed by atoms with E-state index in [1.807, 2.05) is 30.3 Å². The first-order valence-electron chi connectivity index (χ1n) is 7.98. The number of carbonyl (C=O) groups is 1. The van der Waals surface area contributed by atoms with Crippen LogP contribution in [0.2, 0.25) is 0 Å². The minimum Gasteiger partial charge on any atom is -0.480 e. The molecule has 7 heteroatoms. The molecule has 1 heterocycles. The van der Waals surface area contributed by atoms with Gasteiger partial charge in [0.25, 0.3) is 10.2 Å². The average molecular weight is 338 g/mol. The summed E-state index contributed by atoms with van der Waals surface area (Å²) >= 11 is 0. The highest BCUT2D eigenvalue weighted by atomic mass is 32.2. The summed E-state index contributed by atoms with van der Waals surface area (Å²) in [6, 6.07) is 9.11. The molecule has 1 N–H and O–H groups in total. The van der Waals surface area contributed by atoms with Gasteiger partial charge in [0.05, 0.1) is 0 Å². The van der Waals surface area contributed by atoms with Gasteiger partial charge >= 0.3 is 5.97 Å². The quantitative estimate of drug-likeness (QED) is 0.854. The second-order valence-corrected chi connectivity index (χ2v) is 8.35. The second-order valence-electron chi connectivity index (χ2n) is 6.42. The lowest BCUT2D eigenvalue weighted by molar-refractivity contribution is -0.137. The van der Waals surface area contributed by atoms with Crippen molar-refractivity contribution in [2.75, 3.05) is 19.6 Å². The lowest BCUT2D eigenvalue weighted by Gasteiger charge is -2.26. The Balaban J connectivity index is 1.79. The maximum Gasteiger partial charge on any atom is 0.318 e. The molecule has 0 spiro atoms. The zero-order valence-electron chi connectivity index (χ0n) is 13.0. The standard InChI is InChI=1S/C16H22N2O4S/c19-16(20)12-17(9-13-5-2-1-3-6-13)23(21,22)18-10-14-7-4-8-15(14)11-18/h1-3,5-6,14-15H,4,7-12H2,(H,19,20)/t14-,15+. The fourth-order valence-electron chi connectivity index (χ4n) is 3.70. The van der Waals surface area contributed by atoms with Crippen molar-refractivity contribution < 1.29 is 18.3 Å². The van der Waals surface area contributed by atoms with Crippen molar-refractivity contribution in [3.63, 3.8) is 0 Å². The van der Waals surface area contributed by atoms with Crippen LogP contribution in [-0.4, -0.2) is 47.7 Å². The number of aliphatic carboxylic acids is 1. The van der Waals surface area contributed by atoms with Crippen LogP contribution in [0, 0.1) is 11.8 Å². The van der Waals surface area contributed by atoms with Crippen molar-refractivity contribution in [3.8, 4) is 0 Å². The minimum atomic E-state index is -3.75. The van der Waals surface area contributed by atoms with Gasteiger partial charge in [-0.05, 0) is 30.2 Å². The van der Waals surface area contributed by atoms with Crippen molar-refractivity contribution in [3.05, 3.63) is 35.9 Å². The first-order valence-corrected chi connectivity index (χ1v) is 9.37. The molecule has 1 aromatic rings. The average Bonchev–Trinajstić information content (AvgIpc) is 3.08. The van der Waals surface area contributed by atoms with Crippen LogP contribution in [0.1, 0.15) is 24.8 Å². The van der Waals surface area contributed by atoms with Gasteiger partial charge in [0.15, 0.2) is 0 Å². The predicted octanol–water partition coefficient (Wildman–Crippen LogP) is 1.55. The lowest BCUT2D eigenvalue weighted by atomic mass is 10.0. The van der Waals surface area contributed by atoms with E-state index >= 15 is 0 Å². The van der Waals surface area contributed by atoms with E-state index < -0.39 is 22.7 Å². The number of hydrogen-bond acceptors (Lipinski definition) is 3. The zero-order chi connectivity index (χ0) is 16.4. The number of carboxylic acids is 1. The monoisotopic (exact) mass is 338 g/mol. The summed E-state index contributed by atoms with van der Waals surface area (Å²) in [6.07, 6.45) is 3.33. The highest BCUT2D eigenvalue weighted by Crippen LogP contribution is 2.39. The SMILES string of the molecule is O=C(O)CN(Cc1ccccc1)S(=O)(=O)N1C[C@H]2CCC[C@H]2C1. The Morgan fingerprint density at radius 1 is 1.17 bits per heavy atom. The minimum absolute atomic E-state index is 0.0846. The van der Waals surface area contributed by atoms with E-state index in [1.165, 1.54) is 10.7 Å². The van der Waals surface area contributed by atoms with Crippen molar-refractivity contribution >= 4 is 16.2 Å². The maximum atomic E-state index is 12.9. The first kappa shape index (κ1) is 16.4. The molecule has 1 aliphatic carbocycles. The number of nitrogens with zero attached hydrogens (tertiary/aromatic N) is 2. The van der Waals surface area contributed by atoms with Crippen molar-refractivity contribution in [2.24, 2.45) is 11.8 Å². The van der Waals surface area contributed by atoms with Gasteiger partial charge in [-0.3, -0.25) is 4.79 Å². The molecule has 0 aromatic heterocycles. The Morgan fingerprint density at radius 2 is 1.78 bits per heavy atom. The Bertz CT molecular complexity index is 650. The molecule has 3 rings (SSSR count). The largest absolute Gasteiger partial charge is 0.480 e. The summed E-state index contributed by atoms with van der Waals surface area (Å²) in [6.45, 7) is 0.625. The fourth-order valence-corrected chi connectivity index (χ4v) is 5.37. The molecule has 1 aromatic carbocycles. The Hall–Kier alpha value is -1.44. The van der Waals surface area contributed by atoms with Gasteiger partial charge in [-0.15, -0.1) is 0 Å². The molecular weight excluding hydrogens is 316 g/mol. The maximum absolute atomic E-state index is 12.9. The Kier molecular flexibility index (Phi) is 4.70. The summed E-state index contributed by atoms with van der Waals surface area (Å²) in [4.78, 5) is 11.1. The topological polar surface area (TPSA) is 77.9 Å². The number of fused-ring (bicyclic) bond motifs is 1. The first-order chi connectivity index (χ1) is 11.0. The summed E-state index contributed by atoms with van der Waals surface area (Å²) in [5, 5.41) is 9.10. The Morgan fingerprint density at radius 3 is 2.35 bits per heavy atom. The zero-order valence-corrected chi connectivity index (χ0v) is 13.8. The molecule has 0 unspecified atom stereocenters. The molecule has 1 saturated heterocycles. The van der Waals surface area contributed by atoms with Gasteiger partial charge in [0.1, 0.15) is 6.54 Å². The van der Waals surface area contributed by atoms with E-state index in [0.29, 0.717) is 24.9 Å². The van der Waals surface area contributed by atoms with E-state index in [0.717, 1.165) is 22.7 Å². The van der Waals surface area contributed by atoms with Crippen LogP contribution >= 0.6 is 0 Å². The summed E-state index contributed by atoms with van der Waals surface area (Å²) in [5.74, 6) is -0.259. The molecule has 0 radical (unpaired) electrons. The van der Waals surface area contributed by atoms with E-state index in [9.17, 15) is 13.2 Å². The molecule has 2 fully saturated rings. The van der Waals surface area contributed by atoms with Gasteiger partial charge in [-0.2, -0.15) is 17.0 Å². The van der Waals surface area contributed by atoms with Crippen LogP contribution in [0.4, 0.5) is 0 Å². The van der Waals surface area contributed by atoms with Crippen LogP contribution in [0.5, 0.6) is 0 Å². The number of carboxylic acid groups (broad SMARTS) is 1. The summed E-state index contributed by atoms with van der Waals surface area (Å²) in [5.41, 5.74) is 0.789. The number of benzene rings is 1. The van der Waals surface area contributed by atoms with Gasteiger partial charge in [0.2, 0.25) is 0 Å². The van der Waals surface area contributed by atoms with Crippen LogP contribution in [0.25, 0.3) is 0 Å². The van der Waals surface area contributed by atoms with Gasteiger partial charge in [-0.1, -0.05) is 36.8 Å². The molecule has 6 nitrogen and oxygen atoms in total. The molecule has 2 atom stereocenters. The Labute approximate surface area is 136 Å². The molecule has 0 amide bonds. The molecular formula is C16H22N2O4S. The van der Waals surface area contributed by atoms with Crippen LogP contribution < -0.4 is 0 Å². The van der Waals surface area contributed by atoms with E-state index in [2.05, 4.69) is 0 Å². The second kappa shape index (κ2) is 6.59. The summed E-state index contributed by atoms with van der Waals surface area (Å²) in [7, 11) is -3.75. The third-order valence-corrected chi connectivity index (χ3v) is 6.72. The van der Waals surface area contributed by atoms with Gasteiger partial charge in [-0.25, -0.2) is 0 Å². The summed E-state index contributed by atoms with van der Waals surface area (Å²) < 4.78 is 28.3. The van der Waals surface area contributed by atoms with E-state index in [1.54, 1.807) is 0 Å². The number of hydrogen-bond donors (Lipinski definition) is 1. The van der Waals surface area contributed by atoms with Crippen LogP contribution in [-0.2, 0) is 21.5 Å². The lowest BCUT2D eigenvalue weighted by Crippen LogP contribution is -2.44. The van der Waals surface area contributed by atoms with Gasteiger partial charge < -0.3 is 5.11 Å². The predicted molar refractivity (Wildman–Crippen MR) is 85.8 cm³/mol. The molecule has 2 aliphatic rings. The molecule has 126 valence electrons. The third-order valence-electron chi connectivity index (χ3n) is 4.86. The van der Waals surface area contributed by atoms with Crippen molar-refractivity contribution in [1.29, 1.82) is 0 Å². The molecule has 0 bridgehead atoms. The normalized spacial score (nSPS) is 24.9. The highest BCUT2D eigenvalue weighted by molar-refractivity contribution is 7.86. The smallest absolute Gasteiger partial charge is 0.318 e. The van der Waals surface area contributed by atoms with E-state index in [-0.39, 0.29) is 6.54 Å². The van der Waals surface area contributed by atoms with Crippen LogP contribution in [0.15, 0.2) is 30.3 Å². The van der Waals surface area contributed by atoms with Crippen LogP contribution in [0.3, 0.4) is 0 Å².